The van der Waals surface area contributed by atoms with E-state index < -0.39 is 0 Å². The molecule has 0 saturated carbocycles. The van der Waals surface area contributed by atoms with E-state index in [1.165, 1.54) is 12.8 Å². The Balaban J connectivity index is 1.90. The number of hydrogen-bond donors (Lipinski definition) is 2. The molecule has 0 aromatic heterocycles. The highest BCUT2D eigenvalue weighted by Gasteiger charge is 2.16. The number of nitrogens with zero attached hydrogens (tertiary/aromatic N) is 1. The molecule has 1 aliphatic heterocycles. The fraction of sp³-hybridized carbons (Fsp3) is 0.533. The second-order valence-electron chi connectivity index (χ2n) is 5.16. The van der Waals surface area contributed by atoms with E-state index in [4.69, 9.17) is 0 Å². The Labute approximate surface area is 115 Å². The zero-order valence-corrected chi connectivity index (χ0v) is 11.8. The average Bonchev–Trinajstić information content (AvgIpc) is 2.42. The van der Waals surface area contributed by atoms with Gasteiger partial charge in [0.15, 0.2) is 0 Å². The molecule has 0 bridgehead atoms. The maximum atomic E-state index is 11.6. The molecule has 0 spiro atoms. The van der Waals surface area contributed by atoms with Crippen molar-refractivity contribution in [2.45, 2.75) is 25.8 Å². The Morgan fingerprint density at radius 1 is 1.26 bits per heavy atom. The molecule has 1 heterocycles. The van der Waals surface area contributed by atoms with E-state index in [1.807, 2.05) is 31.2 Å². The number of amides is 1. The lowest BCUT2D eigenvalue weighted by atomic mass is 10.0. The number of rotatable bonds is 4. The SMILES string of the molecule is CCNC(=O)c1ccc(NC2CCN(C)CC2)cc1. The van der Waals surface area contributed by atoms with Crippen LogP contribution in [0.25, 0.3) is 0 Å². The average molecular weight is 261 g/mol. The van der Waals surface area contributed by atoms with E-state index in [1.54, 1.807) is 0 Å². The second-order valence-corrected chi connectivity index (χ2v) is 5.16. The van der Waals surface area contributed by atoms with Crippen LogP contribution in [-0.2, 0) is 0 Å². The normalized spacial score (nSPS) is 17.2. The molecule has 1 fully saturated rings. The molecular formula is C15H23N3O. The smallest absolute Gasteiger partial charge is 0.251 e. The predicted octanol–water partition coefficient (Wildman–Crippen LogP) is 1.94. The van der Waals surface area contributed by atoms with Gasteiger partial charge in [0.2, 0.25) is 0 Å². The summed E-state index contributed by atoms with van der Waals surface area (Å²) in [5, 5.41) is 6.34. The van der Waals surface area contributed by atoms with Crippen LogP contribution >= 0.6 is 0 Å². The summed E-state index contributed by atoms with van der Waals surface area (Å²) in [7, 11) is 2.16. The van der Waals surface area contributed by atoms with Crippen molar-refractivity contribution in [1.82, 2.24) is 10.2 Å². The van der Waals surface area contributed by atoms with Crippen molar-refractivity contribution in [2.24, 2.45) is 0 Å². The molecule has 4 heteroatoms. The number of carbonyl (C=O) groups excluding carboxylic acids is 1. The van der Waals surface area contributed by atoms with Gasteiger partial charge in [-0.25, -0.2) is 0 Å². The molecule has 2 rings (SSSR count). The Morgan fingerprint density at radius 3 is 2.47 bits per heavy atom. The first kappa shape index (κ1) is 13.9. The number of nitrogens with one attached hydrogen (secondary N) is 2. The van der Waals surface area contributed by atoms with Crippen LogP contribution in [0, 0.1) is 0 Å². The van der Waals surface area contributed by atoms with Crippen molar-refractivity contribution >= 4 is 11.6 Å². The zero-order valence-electron chi connectivity index (χ0n) is 11.8. The van der Waals surface area contributed by atoms with Gasteiger partial charge in [0.05, 0.1) is 0 Å². The van der Waals surface area contributed by atoms with Gasteiger partial charge in [-0.05, 0) is 64.2 Å². The Hall–Kier alpha value is -1.55. The molecule has 2 N–H and O–H groups in total. The summed E-state index contributed by atoms with van der Waals surface area (Å²) in [5.74, 6) is -0.00617. The fourth-order valence-corrected chi connectivity index (χ4v) is 2.37. The maximum absolute atomic E-state index is 11.6. The van der Waals surface area contributed by atoms with Crippen LogP contribution in [0.1, 0.15) is 30.1 Å². The summed E-state index contributed by atoms with van der Waals surface area (Å²) in [5.41, 5.74) is 1.82. The Bertz CT molecular complexity index is 408. The number of piperidine rings is 1. The predicted molar refractivity (Wildman–Crippen MR) is 78.6 cm³/mol. The summed E-state index contributed by atoms with van der Waals surface area (Å²) in [4.78, 5) is 14.0. The third-order valence-electron chi connectivity index (χ3n) is 3.57. The van der Waals surface area contributed by atoms with Crippen molar-refractivity contribution in [3.8, 4) is 0 Å². The van der Waals surface area contributed by atoms with Gasteiger partial charge in [-0.2, -0.15) is 0 Å². The number of carbonyl (C=O) groups is 1. The summed E-state index contributed by atoms with van der Waals surface area (Å²) in [6.45, 7) is 4.88. The van der Waals surface area contributed by atoms with Gasteiger partial charge < -0.3 is 15.5 Å². The van der Waals surface area contributed by atoms with Crippen LogP contribution < -0.4 is 10.6 Å². The van der Waals surface area contributed by atoms with E-state index in [0.717, 1.165) is 24.3 Å². The Morgan fingerprint density at radius 2 is 1.89 bits per heavy atom. The second kappa shape index (κ2) is 6.57. The molecule has 0 atom stereocenters. The van der Waals surface area contributed by atoms with Crippen LogP contribution in [0.3, 0.4) is 0 Å². The number of hydrogen-bond acceptors (Lipinski definition) is 3. The van der Waals surface area contributed by atoms with E-state index in [2.05, 4.69) is 22.6 Å². The molecule has 1 amide bonds. The highest BCUT2D eigenvalue weighted by molar-refractivity contribution is 5.94. The molecule has 0 unspecified atom stereocenters. The summed E-state index contributed by atoms with van der Waals surface area (Å²) in [6.07, 6.45) is 2.35. The topological polar surface area (TPSA) is 44.4 Å². The molecular weight excluding hydrogens is 238 g/mol. The highest BCUT2D eigenvalue weighted by Crippen LogP contribution is 2.16. The van der Waals surface area contributed by atoms with Gasteiger partial charge in [-0.15, -0.1) is 0 Å². The van der Waals surface area contributed by atoms with Crippen LogP contribution in [-0.4, -0.2) is 43.5 Å². The van der Waals surface area contributed by atoms with Crippen molar-refractivity contribution in [3.63, 3.8) is 0 Å². The van der Waals surface area contributed by atoms with Gasteiger partial charge >= 0.3 is 0 Å². The molecule has 1 aliphatic rings. The minimum atomic E-state index is -0.00617. The van der Waals surface area contributed by atoms with Crippen molar-refractivity contribution in [1.29, 1.82) is 0 Å². The lowest BCUT2D eigenvalue weighted by molar-refractivity contribution is 0.0956. The summed E-state index contributed by atoms with van der Waals surface area (Å²) >= 11 is 0. The molecule has 0 radical (unpaired) electrons. The zero-order chi connectivity index (χ0) is 13.7. The van der Waals surface area contributed by atoms with Gasteiger partial charge in [-0.3, -0.25) is 4.79 Å². The minimum absolute atomic E-state index is 0.00617. The third kappa shape index (κ3) is 3.96. The molecule has 19 heavy (non-hydrogen) atoms. The van der Waals surface area contributed by atoms with Crippen molar-refractivity contribution < 1.29 is 4.79 Å². The van der Waals surface area contributed by atoms with Crippen LogP contribution in [0.15, 0.2) is 24.3 Å². The largest absolute Gasteiger partial charge is 0.382 e. The fourth-order valence-electron chi connectivity index (χ4n) is 2.37. The summed E-state index contributed by atoms with van der Waals surface area (Å²) < 4.78 is 0. The minimum Gasteiger partial charge on any atom is -0.382 e. The van der Waals surface area contributed by atoms with Gasteiger partial charge in [0, 0.05) is 23.8 Å². The molecule has 1 saturated heterocycles. The van der Waals surface area contributed by atoms with Gasteiger partial charge in [-0.1, -0.05) is 0 Å². The number of benzene rings is 1. The molecule has 0 aliphatic carbocycles. The maximum Gasteiger partial charge on any atom is 0.251 e. The monoisotopic (exact) mass is 261 g/mol. The van der Waals surface area contributed by atoms with E-state index >= 15 is 0 Å². The quantitative estimate of drug-likeness (QED) is 0.870. The lowest BCUT2D eigenvalue weighted by Crippen LogP contribution is -2.36. The van der Waals surface area contributed by atoms with Crippen molar-refractivity contribution in [2.75, 3.05) is 32.0 Å². The van der Waals surface area contributed by atoms with E-state index in [0.29, 0.717) is 12.6 Å². The number of anilines is 1. The first-order chi connectivity index (χ1) is 9.19. The molecule has 104 valence electrons. The standard InChI is InChI=1S/C15H23N3O/c1-3-16-15(19)12-4-6-13(7-5-12)17-14-8-10-18(2)11-9-14/h4-7,14,17H,3,8-11H2,1-2H3,(H,16,19). The molecule has 1 aromatic carbocycles. The third-order valence-corrected chi connectivity index (χ3v) is 3.57. The highest BCUT2D eigenvalue weighted by atomic mass is 16.1. The first-order valence-electron chi connectivity index (χ1n) is 7.02. The van der Waals surface area contributed by atoms with Gasteiger partial charge in [0.1, 0.15) is 0 Å². The molecule has 1 aromatic rings. The lowest BCUT2D eigenvalue weighted by Gasteiger charge is -2.30. The Kier molecular flexibility index (Phi) is 4.80. The van der Waals surface area contributed by atoms with Crippen LogP contribution in [0.5, 0.6) is 0 Å². The van der Waals surface area contributed by atoms with Crippen LogP contribution in [0.4, 0.5) is 5.69 Å². The van der Waals surface area contributed by atoms with Crippen molar-refractivity contribution in [3.05, 3.63) is 29.8 Å². The number of likely N-dealkylation sites (tertiary alicyclic amines) is 1. The first-order valence-corrected chi connectivity index (χ1v) is 7.02. The van der Waals surface area contributed by atoms with E-state index in [-0.39, 0.29) is 5.91 Å². The van der Waals surface area contributed by atoms with Gasteiger partial charge in [0.25, 0.3) is 5.91 Å². The summed E-state index contributed by atoms with van der Waals surface area (Å²) in [6, 6.07) is 8.28. The van der Waals surface area contributed by atoms with Crippen LogP contribution in [0.2, 0.25) is 0 Å². The van der Waals surface area contributed by atoms with E-state index in [9.17, 15) is 4.79 Å². The molecule has 4 nitrogen and oxygen atoms in total.